The van der Waals surface area contributed by atoms with Crippen LogP contribution in [0.25, 0.3) is 0 Å². The fourth-order valence-corrected chi connectivity index (χ4v) is 1.69. The van der Waals surface area contributed by atoms with E-state index in [4.69, 9.17) is 14.0 Å². The Bertz CT molecular complexity index is 680. The zero-order valence-electron chi connectivity index (χ0n) is 12.5. The lowest BCUT2D eigenvalue weighted by molar-refractivity contribution is -0.123. The van der Waals surface area contributed by atoms with Crippen molar-refractivity contribution in [2.45, 2.75) is 20.0 Å². The summed E-state index contributed by atoms with van der Waals surface area (Å²) in [5, 5.41) is 6.13. The van der Waals surface area contributed by atoms with Crippen LogP contribution >= 0.6 is 0 Å². The lowest BCUT2D eigenvalue weighted by Gasteiger charge is -2.12. The maximum atomic E-state index is 12.0. The van der Waals surface area contributed by atoms with Crippen LogP contribution in [0.15, 0.2) is 34.9 Å². The average Bonchev–Trinajstić information content (AvgIpc) is 2.92. The molecule has 0 spiro atoms. The van der Waals surface area contributed by atoms with Gasteiger partial charge in [0.25, 0.3) is 5.91 Å². The smallest absolute Gasteiger partial charge is 0.339 e. The van der Waals surface area contributed by atoms with Crippen molar-refractivity contribution in [1.82, 2.24) is 5.16 Å². The van der Waals surface area contributed by atoms with Gasteiger partial charge in [0.15, 0.2) is 11.9 Å². The molecule has 0 aliphatic carbocycles. The summed E-state index contributed by atoms with van der Waals surface area (Å²) in [6.45, 7) is 3.18. The van der Waals surface area contributed by atoms with Gasteiger partial charge < -0.3 is 19.3 Å². The van der Waals surface area contributed by atoms with Gasteiger partial charge in [-0.25, -0.2) is 4.79 Å². The summed E-state index contributed by atoms with van der Waals surface area (Å²) in [5.74, 6) is 0.259. The zero-order valence-corrected chi connectivity index (χ0v) is 12.5. The number of ether oxygens (including phenoxy) is 2. The molecule has 1 atom stereocenters. The maximum absolute atomic E-state index is 12.0. The van der Waals surface area contributed by atoms with E-state index in [9.17, 15) is 9.59 Å². The Balaban J connectivity index is 1.96. The Morgan fingerprint density at radius 2 is 2.09 bits per heavy atom. The SMILES string of the molecule is COc1cccc(C(=O)O[C@H](C)C(=O)Nc2cc(C)on2)c1. The zero-order chi connectivity index (χ0) is 16.1. The van der Waals surface area contributed by atoms with E-state index in [1.807, 2.05) is 0 Å². The number of carbonyl (C=O) groups excluding carboxylic acids is 2. The fraction of sp³-hybridized carbons (Fsp3) is 0.267. The lowest BCUT2D eigenvalue weighted by atomic mass is 10.2. The van der Waals surface area contributed by atoms with E-state index < -0.39 is 18.0 Å². The number of benzene rings is 1. The van der Waals surface area contributed by atoms with Crippen molar-refractivity contribution >= 4 is 17.7 Å². The molecule has 1 heterocycles. The number of nitrogens with zero attached hydrogens (tertiary/aromatic N) is 1. The number of carbonyl (C=O) groups is 2. The highest BCUT2D eigenvalue weighted by molar-refractivity contribution is 5.96. The number of anilines is 1. The fourth-order valence-electron chi connectivity index (χ4n) is 1.69. The number of hydrogen-bond donors (Lipinski definition) is 1. The predicted octanol–water partition coefficient (Wildman–Crippen LogP) is 2.18. The first kappa shape index (κ1) is 15.6. The van der Waals surface area contributed by atoms with Gasteiger partial charge in [-0.05, 0) is 32.0 Å². The third kappa shape index (κ3) is 3.85. The molecule has 22 heavy (non-hydrogen) atoms. The average molecular weight is 304 g/mol. The largest absolute Gasteiger partial charge is 0.497 e. The molecular weight excluding hydrogens is 288 g/mol. The number of nitrogens with one attached hydrogen (secondary N) is 1. The van der Waals surface area contributed by atoms with Crippen LogP contribution in [0.3, 0.4) is 0 Å². The number of methoxy groups -OCH3 is 1. The van der Waals surface area contributed by atoms with Crippen LogP contribution in [-0.2, 0) is 9.53 Å². The quantitative estimate of drug-likeness (QED) is 0.851. The number of amides is 1. The first-order chi connectivity index (χ1) is 10.5. The molecule has 7 heteroatoms. The molecule has 0 aliphatic rings. The first-order valence-electron chi connectivity index (χ1n) is 6.59. The van der Waals surface area contributed by atoms with Gasteiger partial charge in [0, 0.05) is 6.07 Å². The van der Waals surface area contributed by atoms with Crippen LogP contribution in [0.1, 0.15) is 23.0 Å². The second-order valence-electron chi connectivity index (χ2n) is 4.59. The van der Waals surface area contributed by atoms with Gasteiger partial charge in [-0.15, -0.1) is 0 Å². The molecular formula is C15H16N2O5. The van der Waals surface area contributed by atoms with Gasteiger partial charge >= 0.3 is 5.97 Å². The van der Waals surface area contributed by atoms with E-state index >= 15 is 0 Å². The van der Waals surface area contributed by atoms with Crippen molar-refractivity contribution in [1.29, 1.82) is 0 Å². The Labute approximate surface area is 127 Å². The van der Waals surface area contributed by atoms with Gasteiger partial charge in [-0.2, -0.15) is 0 Å². The number of esters is 1. The van der Waals surface area contributed by atoms with E-state index in [-0.39, 0.29) is 5.82 Å². The Kier molecular flexibility index (Phi) is 4.77. The van der Waals surface area contributed by atoms with E-state index in [1.54, 1.807) is 31.2 Å². The third-order valence-corrected chi connectivity index (χ3v) is 2.84. The Morgan fingerprint density at radius 3 is 2.73 bits per heavy atom. The van der Waals surface area contributed by atoms with Crippen molar-refractivity contribution in [3.8, 4) is 5.75 Å². The monoisotopic (exact) mass is 304 g/mol. The van der Waals surface area contributed by atoms with Crippen LogP contribution in [0.5, 0.6) is 5.75 Å². The summed E-state index contributed by atoms with van der Waals surface area (Å²) in [6, 6.07) is 8.05. The van der Waals surface area contributed by atoms with Gasteiger partial charge in [0.05, 0.1) is 12.7 Å². The summed E-state index contributed by atoms with van der Waals surface area (Å²) in [5.41, 5.74) is 0.302. The first-order valence-corrected chi connectivity index (χ1v) is 6.59. The summed E-state index contributed by atoms with van der Waals surface area (Å²) in [6.07, 6.45) is -0.976. The van der Waals surface area contributed by atoms with E-state index in [2.05, 4.69) is 10.5 Å². The van der Waals surface area contributed by atoms with Gasteiger partial charge in [-0.1, -0.05) is 11.2 Å². The summed E-state index contributed by atoms with van der Waals surface area (Å²) in [7, 11) is 1.50. The molecule has 2 rings (SSSR count). The van der Waals surface area contributed by atoms with Crippen molar-refractivity contribution in [3.63, 3.8) is 0 Å². The van der Waals surface area contributed by atoms with Crippen molar-refractivity contribution in [2.24, 2.45) is 0 Å². The third-order valence-electron chi connectivity index (χ3n) is 2.84. The maximum Gasteiger partial charge on any atom is 0.339 e. The number of aromatic nitrogens is 1. The number of aryl methyl sites for hydroxylation is 1. The topological polar surface area (TPSA) is 90.7 Å². The lowest BCUT2D eigenvalue weighted by Crippen LogP contribution is -2.30. The van der Waals surface area contributed by atoms with Crippen molar-refractivity contribution < 1.29 is 23.6 Å². The highest BCUT2D eigenvalue weighted by Crippen LogP contribution is 2.14. The second-order valence-corrected chi connectivity index (χ2v) is 4.59. The minimum atomic E-state index is -0.976. The number of hydrogen-bond acceptors (Lipinski definition) is 6. The van der Waals surface area contributed by atoms with Crippen LogP contribution in [0.4, 0.5) is 5.82 Å². The molecule has 2 aromatic rings. The molecule has 0 bridgehead atoms. The minimum Gasteiger partial charge on any atom is -0.497 e. The highest BCUT2D eigenvalue weighted by Gasteiger charge is 2.20. The molecule has 1 N–H and O–H groups in total. The molecule has 0 unspecified atom stereocenters. The number of rotatable bonds is 5. The highest BCUT2D eigenvalue weighted by atomic mass is 16.5. The Morgan fingerprint density at radius 1 is 1.32 bits per heavy atom. The summed E-state index contributed by atoms with van der Waals surface area (Å²) in [4.78, 5) is 23.9. The molecule has 116 valence electrons. The van der Waals surface area contributed by atoms with Crippen LogP contribution < -0.4 is 10.1 Å². The summed E-state index contributed by atoms with van der Waals surface area (Å²) >= 11 is 0. The molecule has 0 saturated carbocycles. The van der Waals surface area contributed by atoms with Gasteiger partial charge in [-0.3, -0.25) is 4.79 Å². The molecule has 1 aromatic heterocycles. The van der Waals surface area contributed by atoms with E-state index in [0.717, 1.165) is 0 Å². The van der Waals surface area contributed by atoms with E-state index in [0.29, 0.717) is 17.1 Å². The minimum absolute atomic E-state index is 0.270. The van der Waals surface area contributed by atoms with Gasteiger partial charge in [0.2, 0.25) is 0 Å². The second kappa shape index (κ2) is 6.75. The molecule has 1 aromatic carbocycles. The summed E-state index contributed by atoms with van der Waals surface area (Å²) < 4.78 is 15.0. The van der Waals surface area contributed by atoms with E-state index in [1.165, 1.54) is 20.1 Å². The predicted molar refractivity (Wildman–Crippen MR) is 77.7 cm³/mol. The molecule has 7 nitrogen and oxygen atoms in total. The van der Waals surface area contributed by atoms with Crippen LogP contribution in [0, 0.1) is 6.92 Å². The standard InChI is InChI=1S/C15H16N2O5/c1-9-7-13(17-22-9)16-14(18)10(2)21-15(19)11-5-4-6-12(8-11)20-3/h4-8,10H,1-3H3,(H,16,17,18)/t10-/m1/s1. The van der Waals surface area contributed by atoms with Crippen LogP contribution in [-0.4, -0.2) is 30.2 Å². The molecule has 0 aliphatic heterocycles. The normalized spacial score (nSPS) is 11.6. The molecule has 0 fully saturated rings. The molecule has 0 radical (unpaired) electrons. The molecule has 1 amide bonds. The molecule has 0 saturated heterocycles. The van der Waals surface area contributed by atoms with Crippen molar-refractivity contribution in [3.05, 3.63) is 41.7 Å². The van der Waals surface area contributed by atoms with Crippen molar-refractivity contribution in [2.75, 3.05) is 12.4 Å². The van der Waals surface area contributed by atoms with Crippen LogP contribution in [0.2, 0.25) is 0 Å². The Hall–Kier alpha value is -2.83. The van der Waals surface area contributed by atoms with Gasteiger partial charge in [0.1, 0.15) is 11.5 Å².